The smallest absolute Gasteiger partial charge is 0.0334 e. The van der Waals surface area contributed by atoms with Crippen LogP contribution in [0.3, 0.4) is 0 Å². The number of aryl methyl sites for hydroxylation is 1. The first-order valence-corrected chi connectivity index (χ1v) is 8.72. The van der Waals surface area contributed by atoms with Crippen molar-refractivity contribution in [3.05, 3.63) is 35.4 Å². The molecule has 1 aromatic carbocycles. The third kappa shape index (κ3) is 5.12. The number of rotatable bonds is 6. The molecule has 0 radical (unpaired) electrons. The van der Waals surface area contributed by atoms with Crippen molar-refractivity contribution in [3.8, 4) is 0 Å². The molecular weight excluding hydrogens is 256 g/mol. The van der Waals surface area contributed by atoms with E-state index in [1.165, 1.54) is 56.4 Å². The van der Waals surface area contributed by atoms with Gasteiger partial charge in [0.25, 0.3) is 0 Å². The first-order valence-electron chi connectivity index (χ1n) is 8.72. The lowest BCUT2D eigenvalue weighted by Crippen LogP contribution is -2.30. The van der Waals surface area contributed by atoms with Gasteiger partial charge in [-0.2, -0.15) is 0 Å². The molecule has 1 aliphatic heterocycles. The Kier molecular flexibility index (Phi) is 6.72. The van der Waals surface area contributed by atoms with Gasteiger partial charge in [0, 0.05) is 6.04 Å². The highest BCUT2D eigenvalue weighted by Crippen LogP contribution is 2.22. The summed E-state index contributed by atoms with van der Waals surface area (Å²) in [5.41, 5.74) is 2.88. The molecule has 0 amide bonds. The molecule has 1 saturated heterocycles. The molecule has 0 aromatic heterocycles. The van der Waals surface area contributed by atoms with Gasteiger partial charge in [-0.05, 0) is 75.8 Å². The van der Waals surface area contributed by atoms with E-state index in [9.17, 15) is 0 Å². The zero-order valence-electron chi connectivity index (χ0n) is 14.1. The fraction of sp³-hybridized carbons (Fsp3) is 0.684. The predicted octanol–water partition coefficient (Wildman–Crippen LogP) is 4.16. The molecule has 2 rings (SSSR count). The van der Waals surface area contributed by atoms with Crippen LogP contribution in [0.5, 0.6) is 0 Å². The molecule has 0 bridgehead atoms. The van der Waals surface area contributed by atoms with E-state index in [2.05, 4.69) is 55.3 Å². The molecule has 1 fully saturated rings. The van der Waals surface area contributed by atoms with E-state index in [4.69, 9.17) is 0 Å². The molecule has 0 aliphatic carbocycles. The Morgan fingerprint density at radius 1 is 1.24 bits per heavy atom. The molecule has 1 N–H and O–H groups in total. The van der Waals surface area contributed by atoms with E-state index >= 15 is 0 Å². The Labute approximate surface area is 130 Å². The Balaban J connectivity index is 1.92. The van der Waals surface area contributed by atoms with Gasteiger partial charge in [0.2, 0.25) is 0 Å². The van der Waals surface area contributed by atoms with Crippen LogP contribution in [-0.2, 0) is 0 Å². The van der Waals surface area contributed by atoms with Gasteiger partial charge in [0.1, 0.15) is 0 Å². The monoisotopic (exact) mass is 288 g/mol. The van der Waals surface area contributed by atoms with Crippen LogP contribution in [0.1, 0.15) is 56.7 Å². The second kappa shape index (κ2) is 8.55. The van der Waals surface area contributed by atoms with Crippen LogP contribution in [0.4, 0.5) is 0 Å². The molecule has 21 heavy (non-hydrogen) atoms. The summed E-state index contributed by atoms with van der Waals surface area (Å²) in [4.78, 5) is 2.67. The van der Waals surface area contributed by atoms with Crippen LogP contribution in [0.2, 0.25) is 0 Å². The van der Waals surface area contributed by atoms with E-state index in [1.807, 2.05) is 0 Å². The number of nitrogens with one attached hydrogen (secondary N) is 1. The maximum Gasteiger partial charge on any atom is 0.0334 e. The first kappa shape index (κ1) is 16.5. The number of hydrogen-bond acceptors (Lipinski definition) is 2. The highest BCUT2D eigenvalue weighted by Gasteiger charge is 2.17. The second-order valence-electron chi connectivity index (χ2n) is 6.63. The summed E-state index contributed by atoms with van der Waals surface area (Å²) in [5.74, 6) is 0.913. The summed E-state index contributed by atoms with van der Waals surface area (Å²) in [7, 11) is 0. The highest BCUT2D eigenvalue weighted by molar-refractivity contribution is 5.28. The molecular formula is C19H32N2. The van der Waals surface area contributed by atoms with Gasteiger partial charge in [0.15, 0.2) is 0 Å². The van der Waals surface area contributed by atoms with Crippen molar-refractivity contribution in [1.29, 1.82) is 0 Å². The summed E-state index contributed by atoms with van der Waals surface area (Å²) in [6, 6.07) is 9.32. The maximum atomic E-state index is 3.68. The molecule has 0 spiro atoms. The average molecular weight is 288 g/mol. The standard InChI is InChI=1S/C19H32N2/c1-4-20-19(18-10-6-5-9-17(18)3)12-15-21-13-7-8-16(2)11-14-21/h5-6,9-10,16,19-20H,4,7-8,11-15H2,1-3H3. The van der Waals surface area contributed by atoms with Crippen molar-refractivity contribution in [2.45, 2.75) is 52.5 Å². The molecule has 1 heterocycles. The Bertz CT molecular complexity index is 416. The van der Waals surface area contributed by atoms with Crippen molar-refractivity contribution >= 4 is 0 Å². The number of hydrogen-bond donors (Lipinski definition) is 1. The fourth-order valence-electron chi connectivity index (χ4n) is 3.45. The molecule has 1 aromatic rings. The van der Waals surface area contributed by atoms with E-state index in [0.29, 0.717) is 6.04 Å². The molecule has 1 aliphatic rings. The van der Waals surface area contributed by atoms with Crippen molar-refractivity contribution in [2.75, 3.05) is 26.2 Å². The van der Waals surface area contributed by atoms with Gasteiger partial charge in [-0.3, -0.25) is 0 Å². The Morgan fingerprint density at radius 2 is 2.05 bits per heavy atom. The summed E-state index contributed by atoms with van der Waals surface area (Å²) < 4.78 is 0. The quantitative estimate of drug-likeness (QED) is 0.845. The highest BCUT2D eigenvalue weighted by atomic mass is 15.1. The largest absolute Gasteiger partial charge is 0.310 e. The second-order valence-corrected chi connectivity index (χ2v) is 6.63. The normalized spacial score (nSPS) is 22.0. The number of likely N-dealkylation sites (tertiary alicyclic amines) is 1. The summed E-state index contributed by atoms with van der Waals surface area (Å²) in [6.45, 7) is 11.7. The molecule has 118 valence electrons. The Morgan fingerprint density at radius 3 is 2.81 bits per heavy atom. The van der Waals surface area contributed by atoms with Gasteiger partial charge < -0.3 is 10.2 Å². The van der Waals surface area contributed by atoms with Crippen molar-refractivity contribution in [1.82, 2.24) is 10.2 Å². The van der Waals surface area contributed by atoms with Gasteiger partial charge >= 0.3 is 0 Å². The molecule has 2 atom stereocenters. The number of nitrogens with zero attached hydrogens (tertiary/aromatic N) is 1. The van der Waals surface area contributed by atoms with Crippen LogP contribution in [-0.4, -0.2) is 31.1 Å². The summed E-state index contributed by atoms with van der Waals surface area (Å²) >= 11 is 0. The zero-order valence-corrected chi connectivity index (χ0v) is 14.1. The lowest BCUT2D eigenvalue weighted by atomic mass is 9.98. The van der Waals surface area contributed by atoms with Crippen LogP contribution in [0, 0.1) is 12.8 Å². The molecule has 2 heteroatoms. The fourth-order valence-corrected chi connectivity index (χ4v) is 3.45. The van der Waals surface area contributed by atoms with E-state index in [-0.39, 0.29) is 0 Å². The van der Waals surface area contributed by atoms with Crippen LogP contribution < -0.4 is 5.32 Å². The van der Waals surface area contributed by atoms with Crippen molar-refractivity contribution in [3.63, 3.8) is 0 Å². The summed E-state index contributed by atoms with van der Waals surface area (Å²) in [5, 5.41) is 3.68. The minimum atomic E-state index is 0.497. The van der Waals surface area contributed by atoms with E-state index < -0.39 is 0 Å². The first-order chi connectivity index (χ1) is 10.2. The summed E-state index contributed by atoms with van der Waals surface area (Å²) in [6.07, 6.45) is 5.37. The van der Waals surface area contributed by atoms with Crippen LogP contribution >= 0.6 is 0 Å². The molecule has 0 saturated carbocycles. The van der Waals surface area contributed by atoms with Gasteiger partial charge in [-0.25, -0.2) is 0 Å². The van der Waals surface area contributed by atoms with Gasteiger partial charge in [-0.1, -0.05) is 38.1 Å². The lowest BCUT2D eigenvalue weighted by molar-refractivity contribution is 0.264. The predicted molar refractivity (Wildman–Crippen MR) is 91.7 cm³/mol. The molecule has 2 nitrogen and oxygen atoms in total. The average Bonchev–Trinajstić information content (AvgIpc) is 2.69. The number of benzene rings is 1. The van der Waals surface area contributed by atoms with Crippen LogP contribution in [0.25, 0.3) is 0 Å². The van der Waals surface area contributed by atoms with Gasteiger partial charge in [0.05, 0.1) is 0 Å². The lowest BCUT2D eigenvalue weighted by Gasteiger charge is -2.25. The van der Waals surface area contributed by atoms with Crippen molar-refractivity contribution in [2.24, 2.45) is 5.92 Å². The SMILES string of the molecule is CCNC(CCN1CCCC(C)CC1)c1ccccc1C. The Hall–Kier alpha value is -0.860. The van der Waals surface area contributed by atoms with E-state index in [0.717, 1.165) is 12.5 Å². The van der Waals surface area contributed by atoms with E-state index in [1.54, 1.807) is 0 Å². The zero-order chi connectivity index (χ0) is 15.1. The third-order valence-corrected chi connectivity index (χ3v) is 4.86. The minimum Gasteiger partial charge on any atom is -0.310 e. The maximum absolute atomic E-state index is 3.68. The topological polar surface area (TPSA) is 15.3 Å². The van der Waals surface area contributed by atoms with Crippen LogP contribution in [0.15, 0.2) is 24.3 Å². The minimum absolute atomic E-state index is 0.497. The molecule has 2 unspecified atom stereocenters. The third-order valence-electron chi connectivity index (χ3n) is 4.86. The van der Waals surface area contributed by atoms with Gasteiger partial charge in [-0.15, -0.1) is 0 Å². The van der Waals surface area contributed by atoms with Crippen molar-refractivity contribution < 1.29 is 0 Å².